The number of ether oxygens (including phenoxy) is 1. The third-order valence-corrected chi connectivity index (χ3v) is 5.16. The average Bonchev–Trinajstić information content (AvgIpc) is 2.62. The zero-order valence-electron chi connectivity index (χ0n) is 16.5. The van der Waals surface area contributed by atoms with E-state index in [1.165, 1.54) is 0 Å². The smallest absolute Gasteiger partial charge is 0.223 e. The highest BCUT2D eigenvalue weighted by Crippen LogP contribution is 2.18. The minimum absolute atomic E-state index is 0.0395. The van der Waals surface area contributed by atoms with Crippen molar-refractivity contribution in [3.05, 3.63) is 35.4 Å². The third kappa shape index (κ3) is 5.64. The molecule has 1 aromatic carbocycles. The van der Waals surface area contributed by atoms with E-state index in [-0.39, 0.29) is 24.5 Å². The summed E-state index contributed by atoms with van der Waals surface area (Å²) < 4.78 is 5.14. The highest BCUT2D eigenvalue weighted by molar-refractivity contribution is 5.98. The molecule has 144 valence electrons. The van der Waals surface area contributed by atoms with Crippen molar-refractivity contribution >= 4 is 11.7 Å². The van der Waals surface area contributed by atoms with Crippen molar-refractivity contribution in [1.29, 1.82) is 0 Å². The number of aryl methyl sites for hydroxylation is 1. The summed E-state index contributed by atoms with van der Waals surface area (Å²) in [4.78, 5) is 29.2. The molecule has 0 saturated carbocycles. The van der Waals surface area contributed by atoms with E-state index in [1.807, 2.05) is 36.1 Å². The molecule has 0 aliphatic carbocycles. The molecule has 1 aliphatic heterocycles. The lowest BCUT2D eigenvalue weighted by atomic mass is 10.0. The molecule has 1 fully saturated rings. The first-order valence-corrected chi connectivity index (χ1v) is 9.54. The van der Waals surface area contributed by atoms with E-state index in [4.69, 9.17) is 4.74 Å². The van der Waals surface area contributed by atoms with Crippen LogP contribution >= 0.6 is 0 Å². The number of nitrogens with zero attached hydrogens (tertiary/aromatic N) is 2. The van der Waals surface area contributed by atoms with Crippen molar-refractivity contribution in [2.24, 2.45) is 0 Å². The van der Waals surface area contributed by atoms with E-state index in [1.54, 1.807) is 7.11 Å². The van der Waals surface area contributed by atoms with Gasteiger partial charge in [0, 0.05) is 63.8 Å². The Bertz CT molecular complexity index is 588. The molecule has 2 unspecified atom stereocenters. The van der Waals surface area contributed by atoms with Crippen LogP contribution in [0.2, 0.25) is 0 Å². The number of piperazine rings is 1. The first kappa shape index (κ1) is 20.6. The fourth-order valence-electron chi connectivity index (χ4n) is 3.65. The van der Waals surface area contributed by atoms with Crippen LogP contribution in [0.3, 0.4) is 0 Å². The van der Waals surface area contributed by atoms with Crippen molar-refractivity contribution in [2.45, 2.75) is 52.1 Å². The standard InChI is InChI=1S/C21H32N2O3/c1-16-6-8-19(9-7-16)20(24)10-11-21(25)22-14-17(2)23(18(3)15-22)12-5-13-26-4/h6-9,17-18H,5,10-15H2,1-4H3. The Kier molecular flexibility index (Phi) is 7.79. The Morgan fingerprint density at radius 1 is 1.08 bits per heavy atom. The topological polar surface area (TPSA) is 49.9 Å². The van der Waals surface area contributed by atoms with Gasteiger partial charge in [0.2, 0.25) is 5.91 Å². The quantitative estimate of drug-likeness (QED) is 0.528. The van der Waals surface area contributed by atoms with Gasteiger partial charge in [-0.3, -0.25) is 14.5 Å². The van der Waals surface area contributed by atoms with E-state index in [2.05, 4.69) is 18.7 Å². The Morgan fingerprint density at radius 3 is 2.27 bits per heavy atom. The Morgan fingerprint density at radius 2 is 1.69 bits per heavy atom. The van der Waals surface area contributed by atoms with Gasteiger partial charge in [0.25, 0.3) is 0 Å². The van der Waals surface area contributed by atoms with Crippen molar-refractivity contribution in [3.8, 4) is 0 Å². The minimum Gasteiger partial charge on any atom is -0.385 e. The lowest BCUT2D eigenvalue weighted by Gasteiger charge is -2.44. The molecule has 0 N–H and O–H groups in total. The fraction of sp³-hybridized carbons (Fsp3) is 0.619. The molecule has 0 radical (unpaired) electrons. The van der Waals surface area contributed by atoms with Crippen LogP contribution < -0.4 is 0 Å². The number of hydrogen-bond acceptors (Lipinski definition) is 4. The maximum absolute atomic E-state index is 12.6. The predicted molar refractivity (Wildman–Crippen MR) is 103 cm³/mol. The zero-order chi connectivity index (χ0) is 19.1. The van der Waals surface area contributed by atoms with Gasteiger partial charge in [-0.05, 0) is 27.2 Å². The summed E-state index contributed by atoms with van der Waals surface area (Å²) >= 11 is 0. The van der Waals surface area contributed by atoms with Gasteiger partial charge < -0.3 is 9.64 Å². The molecule has 1 amide bonds. The van der Waals surface area contributed by atoms with Crippen molar-refractivity contribution in [3.63, 3.8) is 0 Å². The summed E-state index contributed by atoms with van der Waals surface area (Å²) in [6.07, 6.45) is 1.57. The van der Waals surface area contributed by atoms with Gasteiger partial charge in [-0.1, -0.05) is 29.8 Å². The molecule has 0 spiro atoms. The second kappa shape index (κ2) is 9.83. The van der Waals surface area contributed by atoms with Gasteiger partial charge in [0.05, 0.1) is 0 Å². The van der Waals surface area contributed by atoms with Crippen LogP contribution in [0.5, 0.6) is 0 Å². The van der Waals surface area contributed by atoms with Gasteiger partial charge in [0.1, 0.15) is 0 Å². The second-order valence-corrected chi connectivity index (χ2v) is 7.37. The molecule has 1 aromatic rings. The molecular formula is C21H32N2O3. The second-order valence-electron chi connectivity index (χ2n) is 7.37. The van der Waals surface area contributed by atoms with Crippen molar-refractivity contribution in [2.75, 3.05) is 33.4 Å². The lowest BCUT2D eigenvalue weighted by Crippen LogP contribution is -2.58. The monoisotopic (exact) mass is 360 g/mol. The number of amides is 1. The van der Waals surface area contributed by atoms with Crippen LogP contribution in [-0.2, 0) is 9.53 Å². The van der Waals surface area contributed by atoms with Gasteiger partial charge >= 0.3 is 0 Å². The van der Waals surface area contributed by atoms with E-state index in [0.29, 0.717) is 17.6 Å². The summed E-state index contributed by atoms with van der Waals surface area (Å²) in [5.41, 5.74) is 1.82. The molecular weight excluding hydrogens is 328 g/mol. The minimum atomic E-state index is 0.0395. The van der Waals surface area contributed by atoms with E-state index in [9.17, 15) is 9.59 Å². The summed E-state index contributed by atoms with van der Waals surface area (Å²) in [7, 11) is 1.72. The van der Waals surface area contributed by atoms with E-state index >= 15 is 0 Å². The number of rotatable bonds is 8. The third-order valence-electron chi connectivity index (χ3n) is 5.16. The number of ketones is 1. The molecule has 1 heterocycles. The molecule has 26 heavy (non-hydrogen) atoms. The van der Waals surface area contributed by atoms with Crippen LogP contribution in [0.1, 0.15) is 49.0 Å². The first-order valence-electron chi connectivity index (χ1n) is 9.54. The fourth-order valence-corrected chi connectivity index (χ4v) is 3.65. The number of benzene rings is 1. The van der Waals surface area contributed by atoms with Gasteiger partial charge in [-0.25, -0.2) is 0 Å². The number of carbonyl (C=O) groups excluding carboxylic acids is 2. The van der Waals surface area contributed by atoms with Crippen LogP contribution in [-0.4, -0.2) is 66.9 Å². The number of Topliss-reactive ketones (excluding diaryl/α,β-unsaturated/α-hetero) is 1. The lowest BCUT2D eigenvalue weighted by molar-refractivity contribution is -0.135. The van der Waals surface area contributed by atoms with E-state index in [0.717, 1.165) is 38.2 Å². The molecule has 1 saturated heterocycles. The Hall–Kier alpha value is -1.72. The SMILES string of the molecule is COCCCN1C(C)CN(C(=O)CCC(=O)c2ccc(C)cc2)CC1C. The number of carbonyl (C=O) groups is 2. The maximum atomic E-state index is 12.6. The molecule has 0 bridgehead atoms. The number of methoxy groups -OCH3 is 1. The highest BCUT2D eigenvalue weighted by Gasteiger charge is 2.31. The van der Waals surface area contributed by atoms with Crippen molar-refractivity contribution in [1.82, 2.24) is 9.80 Å². The van der Waals surface area contributed by atoms with Crippen LogP contribution in [0.4, 0.5) is 0 Å². The molecule has 5 nitrogen and oxygen atoms in total. The number of hydrogen-bond donors (Lipinski definition) is 0. The highest BCUT2D eigenvalue weighted by atomic mass is 16.5. The Balaban J connectivity index is 1.82. The average molecular weight is 360 g/mol. The van der Waals surface area contributed by atoms with Gasteiger partial charge in [-0.15, -0.1) is 0 Å². The first-order chi connectivity index (χ1) is 12.4. The Labute approximate surface area is 157 Å². The van der Waals surface area contributed by atoms with Gasteiger partial charge in [0.15, 0.2) is 5.78 Å². The van der Waals surface area contributed by atoms with Crippen LogP contribution in [0, 0.1) is 6.92 Å². The summed E-state index contributed by atoms with van der Waals surface area (Å²) in [5.74, 6) is 0.123. The molecule has 0 aromatic heterocycles. The van der Waals surface area contributed by atoms with Crippen LogP contribution in [0.25, 0.3) is 0 Å². The predicted octanol–water partition coefficient (Wildman–Crippen LogP) is 2.92. The molecule has 1 aliphatic rings. The van der Waals surface area contributed by atoms with Crippen LogP contribution in [0.15, 0.2) is 24.3 Å². The zero-order valence-corrected chi connectivity index (χ0v) is 16.5. The summed E-state index contributed by atoms with van der Waals surface area (Å²) in [6.45, 7) is 9.54. The van der Waals surface area contributed by atoms with E-state index < -0.39 is 0 Å². The normalized spacial score (nSPS) is 21.0. The summed E-state index contributed by atoms with van der Waals surface area (Å²) in [5, 5.41) is 0. The van der Waals surface area contributed by atoms with Crippen molar-refractivity contribution < 1.29 is 14.3 Å². The molecule has 5 heteroatoms. The summed E-state index contributed by atoms with van der Waals surface area (Å²) in [6, 6.07) is 8.19. The molecule has 2 rings (SSSR count). The largest absolute Gasteiger partial charge is 0.385 e. The molecule has 2 atom stereocenters. The van der Waals surface area contributed by atoms with Gasteiger partial charge in [-0.2, -0.15) is 0 Å². The maximum Gasteiger partial charge on any atom is 0.223 e.